The summed E-state index contributed by atoms with van der Waals surface area (Å²) in [6.07, 6.45) is 8.44. The van der Waals surface area contributed by atoms with Crippen molar-refractivity contribution >= 4 is 23.6 Å². The number of primary amides is 1. The van der Waals surface area contributed by atoms with E-state index in [9.17, 15) is 9.59 Å². The Balaban J connectivity index is 1.56. The smallest absolute Gasteiger partial charge is 0.230 e. The first-order chi connectivity index (χ1) is 13.6. The highest BCUT2D eigenvalue weighted by Crippen LogP contribution is 2.23. The average molecular weight is 406 g/mol. The topological polar surface area (TPSA) is 116 Å². The van der Waals surface area contributed by atoms with Gasteiger partial charge in [-0.05, 0) is 30.9 Å². The van der Waals surface area contributed by atoms with Crippen molar-refractivity contribution in [3.63, 3.8) is 0 Å². The Kier molecular flexibility index (Phi) is 7.53. The first-order valence-electron chi connectivity index (χ1n) is 9.74. The summed E-state index contributed by atoms with van der Waals surface area (Å²) in [6.45, 7) is 1.20. The molecule has 9 heteroatoms. The van der Waals surface area contributed by atoms with Gasteiger partial charge in [0.15, 0.2) is 5.16 Å². The van der Waals surface area contributed by atoms with E-state index in [0.29, 0.717) is 29.9 Å². The Morgan fingerprint density at radius 1 is 1.29 bits per heavy atom. The van der Waals surface area contributed by atoms with E-state index in [1.165, 1.54) is 43.9 Å². The van der Waals surface area contributed by atoms with Crippen LogP contribution in [0.4, 0.5) is 0 Å². The van der Waals surface area contributed by atoms with Crippen molar-refractivity contribution in [2.75, 3.05) is 12.3 Å². The van der Waals surface area contributed by atoms with Crippen molar-refractivity contribution in [1.82, 2.24) is 20.1 Å². The molecule has 0 spiro atoms. The maximum atomic E-state index is 12.2. The van der Waals surface area contributed by atoms with Gasteiger partial charge in [-0.15, -0.1) is 10.2 Å². The largest absolute Gasteiger partial charge is 0.467 e. The third-order valence-corrected chi connectivity index (χ3v) is 5.89. The Morgan fingerprint density at radius 3 is 2.82 bits per heavy atom. The predicted octanol–water partition coefficient (Wildman–Crippen LogP) is 2.13. The third kappa shape index (κ3) is 6.12. The van der Waals surface area contributed by atoms with Crippen LogP contribution in [-0.4, -0.2) is 38.9 Å². The molecule has 28 heavy (non-hydrogen) atoms. The van der Waals surface area contributed by atoms with Gasteiger partial charge in [-0.1, -0.05) is 31.0 Å². The molecule has 3 rings (SSSR count). The molecule has 0 radical (unpaired) electrons. The van der Waals surface area contributed by atoms with Gasteiger partial charge in [0.05, 0.1) is 18.6 Å². The summed E-state index contributed by atoms with van der Waals surface area (Å²) < 4.78 is 7.29. The number of hydrogen-bond acceptors (Lipinski definition) is 6. The predicted molar refractivity (Wildman–Crippen MR) is 106 cm³/mol. The maximum absolute atomic E-state index is 12.2. The van der Waals surface area contributed by atoms with Crippen LogP contribution in [0.25, 0.3) is 0 Å². The lowest BCUT2D eigenvalue weighted by Crippen LogP contribution is -2.31. The second-order valence-electron chi connectivity index (χ2n) is 7.13. The average Bonchev–Trinajstić information content (AvgIpc) is 3.34. The van der Waals surface area contributed by atoms with Crippen LogP contribution in [0.1, 0.15) is 50.1 Å². The van der Waals surface area contributed by atoms with E-state index in [0.717, 1.165) is 12.3 Å². The molecule has 0 unspecified atom stereocenters. The highest BCUT2D eigenvalue weighted by Gasteiger charge is 2.17. The summed E-state index contributed by atoms with van der Waals surface area (Å²) in [4.78, 5) is 23.4. The number of carbonyl (C=O) groups excluding carboxylic acids is 2. The minimum absolute atomic E-state index is 0.00167. The Morgan fingerprint density at radius 2 is 2.11 bits per heavy atom. The van der Waals surface area contributed by atoms with E-state index in [4.69, 9.17) is 10.2 Å². The van der Waals surface area contributed by atoms with Crippen LogP contribution in [-0.2, 0) is 22.6 Å². The molecule has 2 heterocycles. The monoisotopic (exact) mass is 405 g/mol. The van der Waals surface area contributed by atoms with Gasteiger partial charge in [-0.3, -0.25) is 14.2 Å². The quantitative estimate of drug-likeness (QED) is 0.585. The van der Waals surface area contributed by atoms with Gasteiger partial charge >= 0.3 is 0 Å². The lowest BCUT2D eigenvalue weighted by molar-refractivity contribution is -0.119. The first-order valence-corrected chi connectivity index (χ1v) is 10.7. The zero-order valence-electron chi connectivity index (χ0n) is 15.9. The molecule has 0 aliphatic heterocycles. The molecule has 0 aromatic carbocycles. The Hall–Kier alpha value is -2.29. The number of furan rings is 1. The molecule has 1 fully saturated rings. The van der Waals surface area contributed by atoms with Crippen LogP contribution in [0, 0.1) is 5.92 Å². The van der Waals surface area contributed by atoms with Crippen molar-refractivity contribution in [2.45, 2.75) is 56.6 Å². The van der Waals surface area contributed by atoms with Gasteiger partial charge in [0.1, 0.15) is 11.6 Å². The molecule has 1 saturated carbocycles. The number of thioether (sulfide) groups is 1. The number of amides is 2. The minimum atomic E-state index is -0.385. The fourth-order valence-electron chi connectivity index (χ4n) is 3.39. The summed E-state index contributed by atoms with van der Waals surface area (Å²) in [5, 5.41) is 12.0. The van der Waals surface area contributed by atoms with Gasteiger partial charge in [0.2, 0.25) is 11.8 Å². The summed E-state index contributed by atoms with van der Waals surface area (Å²) >= 11 is 1.34. The SMILES string of the molecule is NC(=O)CCc1nnc(SCC(=O)NCC2CCCCC2)n1Cc1ccco1. The summed E-state index contributed by atoms with van der Waals surface area (Å²) in [7, 11) is 0. The molecule has 0 saturated heterocycles. The number of aromatic nitrogens is 3. The number of nitrogens with two attached hydrogens (primary N) is 1. The molecule has 0 atom stereocenters. The summed E-state index contributed by atoms with van der Waals surface area (Å²) in [6, 6.07) is 3.68. The van der Waals surface area contributed by atoms with Crippen molar-refractivity contribution in [2.24, 2.45) is 11.7 Å². The third-order valence-electron chi connectivity index (χ3n) is 4.93. The second kappa shape index (κ2) is 10.3. The lowest BCUT2D eigenvalue weighted by Gasteiger charge is -2.21. The molecule has 2 aromatic heterocycles. The van der Waals surface area contributed by atoms with Crippen LogP contribution in [0.5, 0.6) is 0 Å². The van der Waals surface area contributed by atoms with Gasteiger partial charge in [0.25, 0.3) is 0 Å². The fourth-order valence-corrected chi connectivity index (χ4v) is 4.18. The standard InChI is InChI=1S/C19H27N5O3S/c20-16(25)8-9-17-22-23-19(24(17)12-15-7-4-10-27-15)28-13-18(26)21-11-14-5-2-1-3-6-14/h4,7,10,14H,1-3,5-6,8-9,11-13H2,(H2,20,25)(H,21,26). The molecule has 152 valence electrons. The number of rotatable bonds is 10. The molecular formula is C19H27N5O3S. The fraction of sp³-hybridized carbons (Fsp3) is 0.579. The Labute approximate surface area is 168 Å². The lowest BCUT2D eigenvalue weighted by atomic mass is 9.89. The van der Waals surface area contributed by atoms with E-state index in [1.54, 1.807) is 6.26 Å². The van der Waals surface area contributed by atoms with E-state index in [2.05, 4.69) is 15.5 Å². The number of carbonyl (C=O) groups is 2. The number of nitrogens with zero attached hydrogens (tertiary/aromatic N) is 3. The zero-order chi connectivity index (χ0) is 19.8. The Bertz CT molecular complexity index is 769. The van der Waals surface area contributed by atoms with Gasteiger partial charge in [-0.2, -0.15) is 0 Å². The molecule has 3 N–H and O–H groups in total. The zero-order valence-corrected chi connectivity index (χ0v) is 16.7. The molecular weight excluding hydrogens is 378 g/mol. The van der Waals surface area contributed by atoms with Crippen LogP contribution in [0.2, 0.25) is 0 Å². The van der Waals surface area contributed by atoms with Crippen molar-refractivity contribution in [3.8, 4) is 0 Å². The molecule has 1 aliphatic rings. The van der Waals surface area contributed by atoms with Gasteiger partial charge < -0.3 is 15.5 Å². The van der Waals surface area contributed by atoms with Crippen molar-refractivity contribution in [3.05, 3.63) is 30.0 Å². The molecule has 2 aromatic rings. The van der Waals surface area contributed by atoms with E-state index in [-0.39, 0.29) is 24.0 Å². The van der Waals surface area contributed by atoms with E-state index in [1.807, 2.05) is 16.7 Å². The first kappa shape index (κ1) is 20.4. The van der Waals surface area contributed by atoms with Crippen molar-refractivity contribution < 1.29 is 14.0 Å². The van der Waals surface area contributed by atoms with Crippen LogP contribution >= 0.6 is 11.8 Å². The van der Waals surface area contributed by atoms with Crippen LogP contribution in [0.3, 0.4) is 0 Å². The molecule has 1 aliphatic carbocycles. The molecule has 8 nitrogen and oxygen atoms in total. The van der Waals surface area contributed by atoms with Gasteiger partial charge in [0, 0.05) is 19.4 Å². The minimum Gasteiger partial charge on any atom is -0.467 e. The van der Waals surface area contributed by atoms with Crippen molar-refractivity contribution in [1.29, 1.82) is 0 Å². The highest BCUT2D eigenvalue weighted by molar-refractivity contribution is 7.99. The van der Waals surface area contributed by atoms with E-state index < -0.39 is 0 Å². The number of aryl methyl sites for hydroxylation is 1. The normalized spacial score (nSPS) is 14.9. The van der Waals surface area contributed by atoms with Crippen LogP contribution in [0.15, 0.2) is 28.0 Å². The maximum Gasteiger partial charge on any atom is 0.230 e. The van der Waals surface area contributed by atoms with E-state index >= 15 is 0 Å². The molecule has 2 amide bonds. The summed E-state index contributed by atoms with van der Waals surface area (Å²) in [5.41, 5.74) is 5.25. The summed E-state index contributed by atoms with van der Waals surface area (Å²) in [5.74, 6) is 1.90. The number of nitrogens with one attached hydrogen (secondary N) is 1. The number of hydrogen-bond donors (Lipinski definition) is 2. The highest BCUT2D eigenvalue weighted by atomic mass is 32.2. The van der Waals surface area contributed by atoms with Gasteiger partial charge in [-0.25, -0.2) is 0 Å². The molecule has 0 bridgehead atoms. The second-order valence-corrected chi connectivity index (χ2v) is 8.07. The van der Waals surface area contributed by atoms with Crippen LogP contribution < -0.4 is 11.1 Å².